The minimum Gasteiger partial charge on any atom is -0.358 e. The summed E-state index contributed by atoms with van der Waals surface area (Å²) >= 11 is 3.99. The molecule has 0 spiro atoms. The van der Waals surface area contributed by atoms with Gasteiger partial charge in [0.05, 0.1) is 6.10 Å². The summed E-state index contributed by atoms with van der Waals surface area (Å²) in [5.41, 5.74) is 0.539. The topological polar surface area (TPSA) is 12.5 Å². The van der Waals surface area contributed by atoms with E-state index < -0.39 is 0 Å². The third-order valence-corrected chi connectivity index (χ3v) is 4.06. The summed E-state index contributed by atoms with van der Waals surface area (Å²) in [5.74, 6) is 3.76. The molecule has 0 aromatic carbocycles. The number of hydrogen-bond acceptors (Lipinski definition) is 3. The van der Waals surface area contributed by atoms with Crippen molar-refractivity contribution in [1.82, 2.24) is 0 Å². The van der Waals surface area contributed by atoms with Crippen molar-refractivity contribution in [1.29, 1.82) is 0 Å². The Kier molecular flexibility index (Phi) is 5.52. The van der Waals surface area contributed by atoms with Gasteiger partial charge in [0.25, 0.3) is 0 Å². The first-order valence-electron chi connectivity index (χ1n) is 4.73. The Morgan fingerprint density at radius 2 is 2.08 bits per heavy atom. The van der Waals surface area contributed by atoms with Gasteiger partial charge in [-0.1, -0.05) is 13.8 Å². The van der Waals surface area contributed by atoms with Crippen LogP contribution < -0.4 is 0 Å². The number of ether oxygens (including phenoxy) is 1. The molecule has 3 heteroatoms. The van der Waals surface area contributed by atoms with Crippen molar-refractivity contribution < 1.29 is 4.74 Å². The molecule has 1 aliphatic heterocycles. The van der Waals surface area contributed by atoms with E-state index in [1.165, 1.54) is 30.1 Å². The van der Waals surface area contributed by atoms with Gasteiger partial charge in [0.15, 0.2) is 0 Å². The zero-order chi connectivity index (χ0) is 8.81. The molecule has 1 fully saturated rings. The first-order valence-corrected chi connectivity index (χ1v) is 6.93. The summed E-state index contributed by atoms with van der Waals surface area (Å²) < 4.78 is 5.49. The second-order valence-electron chi connectivity index (χ2n) is 2.90. The lowest BCUT2D eigenvalue weighted by Crippen LogP contribution is -1.93. The maximum Gasteiger partial charge on any atom is 0.130 e. The summed E-state index contributed by atoms with van der Waals surface area (Å²) in [6.07, 6.45) is 3.13. The normalized spacial score (nSPS) is 27.5. The predicted octanol–water partition coefficient (Wildman–Crippen LogP) is 3.00. The molecule has 0 radical (unpaired) electrons. The van der Waals surface area contributed by atoms with Crippen LogP contribution in [0.15, 0.2) is 0 Å². The van der Waals surface area contributed by atoms with Crippen molar-refractivity contribution in [2.45, 2.75) is 38.2 Å². The van der Waals surface area contributed by atoms with Crippen LogP contribution in [0.1, 0.15) is 26.7 Å². The monoisotopic (exact) mass is 206 g/mol. The molecule has 0 amide bonds. The van der Waals surface area contributed by atoms with Gasteiger partial charge >= 0.3 is 0 Å². The van der Waals surface area contributed by atoms with Crippen molar-refractivity contribution in [2.24, 2.45) is 0 Å². The molecule has 0 N–H and O–H groups in total. The van der Waals surface area contributed by atoms with Gasteiger partial charge < -0.3 is 4.74 Å². The van der Waals surface area contributed by atoms with Crippen molar-refractivity contribution in [3.8, 4) is 0 Å². The molecule has 0 saturated carbocycles. The van der Waals surface area contributed by atoms with Gasteiger partial charge in [0.2, 0.25) is 0 Å². The van der Waals surface area contributed by atoms with Crippen LogP contribution in [0.4, 0.5) is 0 Å². The van der Waals surface area contributed by atoms with E-state index in [-0.39, 0.29) is 0 Å². The first-order chi connectivity index (χ1) is 5.88. The zero-order valence-electron chi connectivity index (χ0n) is 7.91. The fourth-order valence-corrected chi connectivity index (χ4v) is 2.88. The van der Waals surface area contributed by atoms with Crippen molar-refractivity contribution >= 4 is 23.5 Å². The van der Waals surface area contributed by atoms with E-state index in [1.807, 2.05) is 11.8 Å². The molecule has 1 nitrogen and oxygen atoms in total. The second-order valence-corrected chi connectivity index (χ2v) is 5.50. The van der Waals surface area contributed by atoms with Gasteiger partial charge in [-0.05, 0) is 30.1 Å². The standard InChI is InChI=1S/C9H18OS2/c1-3-6-11-7-5-8-9(10-8)12-4-2/h8-9H,3-7H2,1-2H3. The lowest BCUT2D eigenvalue weighted by atomic mass is 10.4. The molecule has 1 heterocycles. The lowest BCUT2D eigenvalue weighted by molar-refractivity contribution is 0.396. The van der Waals surface area contributed by atoms with Crippen LogP contribution >= 0.6 is 23.5 Å². The van der Waals surface area contributed by atoms with Gasteiger partial charge in [0.1, 0.15) is 5.44 Å². The van der Waals surface area contributed by atoms with E-state index in [9.17, 15) is 0 Å². The Morgan fingerprint density at radius 1 is 1.25 bits per heavy atom. The van der Waals surface area contributed by atoms with Crippen molar-refractivity contribution in [3.05, 3.63) is 0 Å². The molecule has 0 aliphatic carbocycles. The van der Waals surface area contributed by atoms with Gasteiger partial charge in [-0.15, -0.1) is 11.8 Å². The molecule has 0 bridgehead atoms. The quantitative estimate of drug-likeness (QED) is 0.469. The van der Waals surface area contributed by atoms with Gasteiger partial charge in [-0.25, -0.2) is 0 Å². The number of thioether (sulfide) groups is 2. The molecule has 72 valence electrons. The minimum absolute atomic E-state index is 0.539. The number of epoxide rings is 1. The minimum atomic E-state index is 0.539. The largest absolute Gasteiger partial charge is 0.358 e. The first kappa shape index (κ1) is 10.7. The average molecular weight is 206 g/mol. The second kappa shape index (κ2) is 6.17. The smallest absolute Gasteiger partial charge is 0.130 e. The highest BCUT2D eigenvalue weighted by Gasteiger charge is 2.37. The highest BCUT2D eigenvalue weighted by atomic mass is 32.2. The third-order valence-electron chi connectivity index (χ3n) is 1.76. The summed E-state index contributed by atoms with van der Waals surface area (Å²) in [5, 5.41) is 0. The summed E-state index contributed by atoms with van der Waals surface area (Å²) in [7, 11) is 0. The average Bonchev–Trinajstić information content (AvgIpc) is 2.79. The van der Waals surface area contributed by atoms with Crippen LogP contribution in [0.2, 0.25) is 0 Å². The van der Waals surface area contributed by atoms with Crippen LogP contribution in [0.3, 0.4) is 0 Å². The van der Waals surface area contributed by atoms with E-state index in [2.05, 4.69) is 25.6 Å². The molecule has 2 unspecified atom stereocenters. The Hall–Kier alpha value is 0.660. The molecule has 0 aromatic heterocycles. The molecule has 1 aliphatic rings. The Balaban J connectivity index is 1.83. The summed E-state index contributed by atoms with van der Waals surface area (Å²) in [6, 6.07) is 0. The fourth-order valence-electron chi connectivity index (χ4n) is 1.09. The van der Waals surface area contributed by atoms with E-state index in [0.29, 0.717) is 11.5 Å². The lowest BCUT2D eigenvalue weighted by Gasteiger charge is -1.95. The number of rotatable bonds is 7. The zero-order valence-corrected chi connectivity index (χ0v) is 9.55. The molecule has 2 atom stereocenters. The van der Waals surface area contributed by atoms with Gasteiger partial charge in [-0.2, -0.15) is 11.8 Å². The Bertz CT molecular complexity index is 119. The van der Waals surface area contributed by atoms with Crippen molar-refractivity contribution in [3.63, 3.8) is 0 Å². The molecule has 1 saturated heterocycles. The maximum atomic E-state index is 5.49. The van der Waals surface area contributed by atoms with E-state index in [4.69, 9.17) is 4.74 Å². The Labute approximate surface area is 84.0 Å². The van der Waals surface area contributed by atoms with E-state index in [1.54, 1.807) is 0 Å². The fraction of sp³-hybridized carbons (Fsp3) is 1.00. The maximum absolute atomic E-state index is 5.49. The van der Waals surface area contributed by atoms with E-state index in [0.717, 1.165) is 0 Å². The Morgan fingerprint density at radius 3 is 2.75 bits per heavy atom. The van der Waals surface area contributed by atoms with Crippen LogP contribution in [0.25, 0.3) is 0 Å². The van der Waals surface area contributed by atoms with Crippen LogP contribution in [0, 0.1) is 0 Å². The van der Waals surface area contributed by atoms with E-state index >= 15 is 0 Å². The molecule has 1 rings (SSSR count). The van der Waals surface area contributed by atoms with Gasteiger partial charge in [0, 0.05) is 0 Å². The SMILES string of the molecule is CCCSCCC1OC1SCC. The molecular weight excluding hydrogens is 188 g/mol. The molecule has 0 aromatic rings. The highest BCUT2D eigenvalue weighted by molar-refractivity contribution is 8.00. The molecule has 12 heavy (non-hydrogen) atoms. The molecular formula is C9H18OS2. The number of hydrogen-bond donors (Lipinski definition) is 0. The van der Waals surface area contributed by atoms with Crippen LogP contribution in [0.5, 0.6) is 0 Å². The van der Waals surface area contributed by atoms with Crippen LogP contribution in [-0.2, 0) is 4.74 Å². The summed E-state index contributed by atoms with van der Waals surface area (Å²) in [4.78, 5) is 0. The predicted molar refractivity (Wildman–Crippen MR) is 59.0 cm³/mol. The third kappa shape index (κ3) is 4.06. The summed E-state index contributed by atoms with van der Waals surface area (Å²) in [6.45, 7) is 4.42. The van der Waals surface area contributed by atoms with Gasteiger partial charge in [-0.3, -0.25) is 0 Å². The highest BCUT2D eigenvalue weighted by Crippen LogP contribution is 2.35. The van der Waals surface area contributed by atoms with Crippen molar-refractivity contribution in [2.75, 3.05) is 17.3 Å². The van der Waals surface area contributed by atoms with Crippen LogP contribution in [-0.4, -0.2) is 28.8 Å².